The summed E-state index contributed by atoms with van der Waals surface area (Å²) in [5, 5.41) is 12.5. The molecular formula is C34H50F2N2O5Si. The van der Waals surface area contributed by atoms with Crippen molar-refractivity contribution in [3.05, 3.63) is 70.3 Å². The number of hydrogen-bond donors (Lipinski definition) is 2. The van der Waals surface area contributed by atoms with Crippen LogP contribution in [0.15, 0.2) is 36.4 Å². The molecule has 0 aliphatic heterocycles. The zero-order chi connectivity index (χ0) is 33.4. The summed E-state index contributed by atoms with van der Waals surface area (Å²) in [6, 6.07) is 7.35. The van der Waals surface area contributed by atoms with Crippen molar-refractivity contribution in [1.29, 1.82) is 0 Å². The first kappa shape index (κ1) is 37.1. The Bertz CT molecular complexity index is 1280. The Morgan fingerprint density at radius 2 is 1.50 bits per heavy atom. The lowest BCUT2D eigenvalue weighted by molar-refractivity contribution is -0.142. The van der Waals surface area contributed by atoms with E-state index in [1.165, 1.54) is 12.1 Å². The lowest BCUT2D eigenvalue weighted by atomic mass is 9.93. The van der Waals surface area contributed by atoms with Crippen molar-refractivity contribution in [2.75, 3.05) is 13.1 Å². The summed E-state index contributed by atoms with van der Waals surface area (Å²) in [6.45, 7) is 18.8. The van der Waals surface area contributed by atoms with Gasteiger partial charge in [0.15, 0.2) is 8.32 Å². The number of nitrogens with one attached hydrogen (secondary N) is 1. The Balaban J connectivity index is 2.58. The van der Waals surface area contributed by atoms with Gasteiger partial charge in [0, 0.05) is 30.3 Å². The molecule has 0 spiro atoms. The topological polar surface area (TPSA) is 95.9 Å². The largest absolute Gasteiger partial charge is 0.481 e. The average Bonchev–Trinajstić information content (AvgIpc) is 2.90. The molecule has 7 nitrogen and oxygen atoms in total. The minimum absolute atomic E-state index is 0.00439. The van der Waals surface area contributed by atoms with Gasteiger partial charge in [-0.15, -0.1) is 0 Å². The summed E-state index contributed by atoms with van der Waals surface area (Å²) in [5.74, 6) is -3.98. The number of benzene rings is 2. The smallest absolute Gasteiger partial charge is 0.306 e. The van der Waals surface area contributed by atoms with Crippen molar-refractivity contribution >= 4 is 26.1 Å². The predicted octanol–water partition coefficient (Wildman–Crippen LogP) is 7.38. The number of aryl methyl sites for hydroxylation is 1. The van der Waals surface area contributed by atoms with Crippen molar-refractivity contribution in [1.82, 2.24) is 10.2 Å². The van der Waals surface area contributed by atoms with Crippen LogP contribution < -0.4 is 5.32 Å². The fourth-order valence-electron chi connectivity index (χ4n) is 4.88. The number of carbonyl (C=O) groups excluding carboxylic acids is 2. The number of carboxylic acids is 1. The highest BCUT2D eigenvalue weighted by atomic mass is 28.4. The molecule has 2 aromatic carbocycles. The Kier molecular flexibility index (Phi) is 13.3. The number of halogens is 2. The van der Waals surface area contributed by atoms with Crippen molar-refractivity contribution in [2.45, 2.75) is 104 Å². The third-order valence-electron chi connectivity index (χ3n) is 8.26. The van der Waals surface area contributed by atoms with Crippen molar-refractivity contribution in [3.8, 4) is 0 Å². The van der Waals surface area contributed by atoms with Crippen LogP contribution in [0, 0.1) is 24.5 Å². The SMILES string of the molecule is CCCN(CCC)C(=O)c1cc(C)cc(C(=O)N[C@@H](Cc2cc(F)cc(F)c2)[C@H](C[C@H](C)C(=O)O)O[Si](C)(C)C(C)(C)C)c1. The third-order valence-corrected chi connectivity index (χ3v) is 12.8. The second-order valence-corrected chi connectivity index (χ2v) is 18.1. The van der Waals surface area contributed by atoms with E-state index in [0.717, 1.165) is 24.5 Å². The summed E-state index contributed by atoms with van der Waals surface area (Å²) in [6.07, 6.45) is 0.915. The Labute approximate surface area is 262 Å². The summed E-state index contributed by atoms with van der Waals surface area (Å²) < 4.78 is 35.2. The molecule has 0 saturated carbocycles. The van der Waals surface area contributed by atoms with Gasteiger partial charge in [0.2, 0.25) is 0 Å². The highest BCUT2D eigenvalue weighted by molar-refractivity contribution is 6.74. The number of amides is 2. The average molecular weight is 633 g/mol. The molecule has 0 radical (unpaired) electrons. The standard InChI is InChI=1S/C34H50F2N2O5Si/c1-10-12-38(13-11-2)32(40)26-15-22(3)14-25(20-26)31(39)37-29(19-24-17-27(35)21-28(36)18-24)30(16-23(4)33(41)42)43-44(8,9)34(5,6)7/h14-15,17-18,20-21,23,29-30H,10-13,16,19H2,1-9H3,(H,37,39)(H,41,42)/t23-,29-,30-/m0/s1. The van der Waals surface area contributed by atoms with Gasteiger partial charge in [0.1, 0.15) is 11.6 Å². The molecule has 0 fully saturated rings. The molecule has 244 valence electrons. The fraction of sp³-hybridized carbons (Fsp3) is 0.559. The number of carboxylic acid groups (broad SMARTS) is 1. The number of nitrogens with zero attached hydrogens (tertiary/aromatic N) is 1. The maximum atomic E-state index is 14.2. The lowest BCUT2D eigenvalue weighted by Gasteiger charge is -2.42. The van der Waals surface area contributed by atoms with E-state index in [1.807, 2.05) is 33.9 Å². The maximum Gasteiger partial charge on any atom is 0.306 e. The number of hydrogen-bond acceptors (Lipinski definition) is 4. The van der Waals surface area contributed by atoms with Crippen LogP contribution in [-0.4, -0.2) is 61.3 Å². The molecule has 0 saturated heterocycles. The molecule has 2 aromatic rings. The van der Waals surface area contributed by atoms with Crippen LogP contribution in [0.4, 0.5) is 8.78 Å². The van der Waals surface area contributed by atoms with Gasteiger partial charge in [-0.1, -0.05) is 41.5 Å². The fourth-order valence-corrected chi connectivity index (χ4v) is 6.25. The normalized spacial score (nSPS) is 14.1. The molecule has 2 N–H and O–H groups in total. The van der Waals surface area contributed by atoms with Crippen LogP contribution in [0.1, 0.15) is 92.6 Å². The quantitative estimate of drug-likeness (QED) is 0.200. The Morgan fingerprint density at radius 1 is 0.955 bits per heavy atom. The minimum Gasteiger partial charge on any atom is -0.481 e. The monoisotopic (exact) mass is 632 g/mol. The molecule has 0 unspecified atom stereocenters. The van der Waals surface area contributed by atoms with Crippen LogP contribution in [0.3, 0.4) is 0 Å². The molecule has 0 aliphatic rings. The van der Waals surface area contributed by atoms with Crippen LogP contribution >= 0.6 is 0 Å². The number of aliphatic carboxylic acids is 1. The second kappa shape index (κ2) is 15.7. The van der Waals surface area contributed by atoms with Gasteiger partial charge in [-0.2, -0.15) is 0 Å². The maximum absolute atomic E-state index is 14.2. The van der Waals surface area contributed by atoms with E-state index in [1.54, 1.807) is 30.0 Å². The van der Waals surface area contributed by atoms with Crippen LogP contribution in [-0.2, 0) is 15.6 Å². The molecule has 44 heavy (non-hydrogen) atoms. The molecule has 3 atom stereocenters. The molecular weight excluding hydrogens is 582 g/mol. The van der Waals surface area contributed by atoms with Gasteiger partial charge in [0.25, 0.3) is 11.8 Å². The van der Waals surface area contributed by atoms with Crippen LogP contribution in [0.2, 0.25) is 18.1 Å². The zero-order valence-corrected chi connectivity index (χ0v) is 28.7. The molecule has 0 bridgehead atoms. The molecule has 0 aromatic heterocycles. The van der Waals surface area contributed by atoms with E-state index in [-0.39, 0.29) is 29.4 Å². The molecule has 2 rings (SSSR count). The minimum atomic E-state index is -2.51. The van der Waals surface area contributed by atoms with Crippen molar-refractivity contribution in [2.24, 2.45) is 5.92 Å². The van der Waals surface area contributed by atoms with Gasteiger partial charge in [-0.3, -0.25) is 14.4 Å². The summed E-state index contributed by atoms with van der Waals surface area (Å²) in [5.41, 5.74) is 1.68. The molecule has 10 heteroatoms. The first-order valence-corrected chi connectivity index (χ1v) is 18.4. The van der Waals surface area contributed by atoms with E-state index in [0.29, 0.717) is 24.2 Å². The second-order valence-electron chi connectivity index (χ2n) is 13.3. The Hall–Kier alpha value is -3.11. The first-order valence-electron chi connectivity index (χ1n) is 15.5. The van der Waals surface area contributed by atoms with E-state index in [2.05, 4.69) is 26.1 Å². The van der Waals surface area contributed by atoms with Crippen molar-refractivity contribution < 1.29 is 32.7 Å². The van der Waals surface area contributed by atoms with Gasteiger partial charge < -0.3 is 19.7 Å². The lowest BCUT2D eigenvalue weighted by Crippen LogP contribution is -2.53. The van der Waals surface area contributed by atoms with E-state index in [4.69, 9.17) is 4.43 Å². The van der Waals surface area contributed by atoms with E-state index >= 15 is 0 Å². The summed E-state index contributed by atoms with van der Waals surface area (Å²) in [7, 11) is -2.51. The summed E-state index contributed by atoms with van der Waals surface area (Å²) in [4.78, 5) is 40.9. The highest BCUT2D eigenvalue weighted by Crippen LogP contribution is 2.38. The molecule has 2 amide bonds. The van der Waals surface area contributed by atoms with Gasteiger partial charge in [0.05, 0.1) is 18.1 Å². The third kappa shape index (κ3) is 10.5. The van der Waals surface area contributed by atoms with Gasteiger partial charge in [-0.05, 0) is 92.2 Å². The predicted molar refractivity (Wildman–Crippen MR) is 172 cm³/mol. The highest BCUT2D eigenvalue weighted by Gasteiger charge is 2.42. The van der Waals surface area contributed by atoms with Crippen molar-refractivity contribution in [3.63, 3.8) is 0 Å². The van der Waals surface area contributed by atoms with Gasteiger partial charge >= 0.3 is 5.97 Å². The molecule has 0 heterocycles. The van der Waals surface area contributed by atoms with Crippen LogP contribution in [0.5, 0.6) is 0 Å². The van der Waals surface area contributed by atoms with E-state index in [9.17, 15) is 28.3 Å². The zero-order valence-electron chi connectivity index (χ0n) is 27.7. The van der Waals surface area contributed by atoms with Gasteiger partial charge in [-0.25, -0.2) is 8.78 Å². The Morgan fingerprint density at radius 3 is 2.00 bits per heavy atom. The molecule has 0 aliphatic carbocycles. The number of rotatable bonds is 15. The van der Waals surface area contributed by atoms with E-state index < -0.39 is 49.9 Å². The number of carbonyl (C=O) groups is 3. The first-order chi connectivity index (χ1) is 20.4. The van der Waals surface area contributed by atoms with Crippen LogP contribution in [0.25, 0.3) is 0 Å². The summed E-state index contributed by atoms with van der Waals surface area (Å²) >= 11 is 0.